The molecule has 2 aromatic rings. The van der Waals surface area contributed by atoms with Gasteiger partial charge < -0.3 is 5.11 Å². The van der Waals surface area contributed by atoms with Gasteiger partial charge in [0.25, 0.3) is 5.69 Å². The lowest BCUT2D eigenvalue weighted by Crippen LogP contribution is -2.01. The molecular formula is C10H8N4O4. The predicted octanol–water partition coefficient (Wildman–Crippen LogP) is 1.01. The number of nitro benzene ring substituents is 1. The number of non-ortho nitro benzene ring substituents is 1. The molecule has 0 unspecified atom stereocenters. The van der Waals surface area contributed by atoms with Crippen molar-refractivity contribution < 1.29 is 14.8 Å². The van der Waals surface area contributed by atoms with Crippen LogP contribution in [0.2, 0.25) is 0 Å². The van der Waals surface area contributed by atoms with Crippen molar-refractivity contribution >= 4 is 11.7 Å². The zero-order chi connectivity index (χ0) is 13.1. The summed E-state index contributed by atoms with van der Waals surface area (Å²) < 4.78 is 0. The van der Waals surface area contributed by atoms with E-state index < -0.39 is 10.9 Å². The average Bonchev–Trinajstić information content (AvgIpc) is 2.77. The van der Waals surface area contributed by atoms with Crippen LogP contribution in [0.15, 0.2) is 24.3 Å². The van der Waals surface area contributed by atoms with Gasteiger partial charge in [0.1, 0.15) is 12.2 Å². The van der Waals surface area contributed by atoms with E-state index in [4.69, 9.17) is 5.11 Å². The molecule has 92 valence electrons. The second-order valence-corrected chi connectivity index (χ2v) is 3.48. The highest BCUT2D eigenvalue weighted by molar-refractivity contribution is 5.69. The van der Waals surface area contributed by atoms with Crippen LogP contribution in [0.5, 0.6) is 0 Å². The molecule has 0 bridgehead atoms. The van der Waals surface area contributed by atoms with Crippen LogP contribution >= 0.6 is 0 Å². The number of carboxylic acid groups (broad SMARTS) is 1. The van der Waals surface area contributed by atoms with Crippen molar-refractivity contribution in [1.82, 2.24) is 15.2 Å². The second kappa shape index (κ2) is 4.62. The lowest BCUT2D eigenvalue weighted by molar-refractivity contribution is -0.384. The topological polar surface area (TPSA) is 122 Å². The van der Waals surface area contributed by atoms with Crippen LogP contribution < -0.4 is 0 Å². The minimum absolute atomic E-state index is 0.0721. The summed E-state index contributed by atoms with van der Waals surface area (Å²) in [5.41, 5.74) is 0.383. The number of rotatable bonds is 4. The van der Waals surface area contributed by atoms with E-state index in [1.54, 1.807) is 6.07 Å². The molecule has 18 heavy (non-hydrogen) atoms. The normalized spacial score (nSPS) is 10.2. The van der Waals surface area contributed by atoms with Gasteiger partial charge in [-0.05, 0) is 0 Å². The number of hydrogen-bond acceptors (Lipinski definition) is 5. The Labute approximate surface area is 100 Å². The van der Waals surface area contributed by atoms with Crippen LogP contribution in [0.25, 0.3) is 11.4 Å². The number of aromatic amines is 1. The number of nitrogens with one attached hydrogen (secondary N) is 1. The lowest BCUT2D eigenvalue weighted by atomic mass is 10.2. The van der Waals surface area contributed by atoms with Gasteiger partial charge in [-0.25, -0.2) is 4.98 Å². The number of nitrogens with zero attached hydrogens (tertiary/aromatic N) is 3. The summed E-state index contributed by atoms with van der Waals surface area (Å²) >= 11 is 0. The molecule has 0 aliphatic rings. The maximum absolute atomic E-state index is 10.6. The van der Waals surface area contributed by atoms with E-state index in [-0.39, 0.29) is 23.8 Å². The number of aliphatic carboxylic acids is 1. The molecule has 8 heteroatoms. The zero-order valence-corrected chi connectivity index (χ0v) is 9.03. The third-order valence-electron chi connectivity index (χ3n) is 2.17. The first-order valence-electron chi connectivity index (χ1n) is 4.94. The molecule has 1 heterocycles. The summed E-state index contributed by atoms with van der Waals surface area (Å²) in [5.74, 6) is -0.601. The molecular weight excluding hydrogens is 240 g/mol. The Morgan fingerprint density at radius 2 is 2.28 bits per heavy atom. The van der Waals surface area contributed by atoms with E-state index in [1.807, 2.05) is 0 Å². The Hall–Kier alpha value is -2.77. The van der Waals surface area contributed by atoms with Crippen LogP contribution in [-0.4, -0.2) is 31.2 Å². The standard InChI is InChI=1S/C10H8N4O4/c15-9(16)5-8-11-10(13-12-8)6-2-1-3-7(4-6)14(17)18/h1-4H,5H2,(H,15,16)(H,11,12,13). The molecule has 2 N–H and O–H groups in total. The minimum atomic E-state index is -1.03. The number of nitro groups is 1. The molecule has 0 saturated carbocycles. The summed E-state index contributed by atoms with van der Waals surface area (Å²) in [7, 11) is 0. The number of carbonyl (C=O) groups is 1. The number of H-pyrrole nitrogens is 1. The third-order valence-corrected chi connectivity index (χ3v) is 2.17. The number of aromatic nitrogens is 3. The van der Waals surface area contributed by atoms with Gasteiger partial charge >= 0.3 is 5.97 Å². The molecule has 0 saturated heterocycles. The molecule has 8 nitrogen and oxygen atoms in total. The lowest BCUT2D eigenvalue weighted by Gasteiger charge is -1.94. The molecule has 0 aliphatic heterocycles. The van der Waals surface area contributed by atoms with Crippen molar-refractivity contribution in [2.24, 2.45) is 0 Å². The van der Waals surface area contributed by atoms with Crippen molar-refractivity contribution in [3.8, 4) is 11.4 Å². The number of hydrogen-bond donors (Lipinski definition) is 2. The van der Waals surface area contributed by atoms with Crippen LogP contribution in [0.3, 0.4) is 0 Å². The first-order chi connectivity index (χ1) is 8.56. The number of benzene rings is 1. The quantitative estimate of drug-likeness (QED) is 0.614. The Bertz CT molecular complexity index is 607. The van der Waals surface area contributed by atoms with Gasteiger partial charge in [-0.1, -0.05) is 12.1 Å². The molecule has 0 radical (unpaired) electrons. The Morgan fingerprint density at radius 3 is 2.94 bits per heavy atom. The first-order valence-corrected chi connectivity index (χ1v) is 4.94. The third kappa shape index (κ3) is 2.48. The fraction of sp³-hybridized carbons (Fsp3) is 0.100. The molecule has 0 atom stereocenters. The first kappa shape index (κ1) is 11.7. The molecule has 0 spiro atoms. The van der Waals surface area contributed by atoms with Crippen LogP contribution in [0.1, 0.15) is 5.82 Å². The van der Waals surface area contributed by atoms with E-state index in [0.717, 1.165) is 0 Å². The van der Waals surface area contributed by atoms with E-state index >= 15 is 0 Å². The molecule has 1 aromatic heterocycles. The summed E-state index contributed by atoms with van der Waals surface area (Å²) in [5, 5.41) is 25.5. The highest BCUT2D eigenvalue weighted by Crippen LogP contribution is 2.20. The van der Waals surface area contributed by atoms with E-state index in [2.05, 4.69) is 15.2 Å². The van der Waals surface area contributed by atoms with Crippen LogP contribution in [-0.2, 0) is 11.2 Å². The van der Waals surface area contributed by atoms with Gasteiger partial charge in [0.15, 0.2) is 5.82 Å². The zero-order valence-electron chi connectivity index (χ0n) is 9.03. The molecule has 0 fully saturated rings. The van der Waals surface area contributed by atoms with Gasteiger partial charge in [0.2, 0.25) is 0 Å². The van der Waals surface area contributed by atoms with E-state index in [1.165, 1.54) is 18.2 Å². The number of carboxylic acids is 1. The second-order valence-electron chi connectivity index (χ2n) is 3.48. The van der Waals surface area contributed by atoms with E-state index in [0.29, 0.717) is 5.56 Å². The minimum Gasteiger partial charge on any atom is -0.481 e. The van der Waals surface area contributed by atoms with Crippen molar-refractivity contribution in [3.05, 3.63) is 40.2 Å². The molecule has 0 amide bonds. The molecule has 2 rings (SSSR count). The fourth-order valence-corrected chi connectivity index (χ4v) is 1.41. The van der Waals surface area contributed by atoms with Crippen LogP contribution in [0.4, 0.5) is 5.69 Å². The van der Waals surface area contributed by atoms with Gasteiger partial charge in [-0.15, -0.1) is 0 Å². The van der Waals surface area contributed by atoms with Crippen molar-refractivity contribution in [1.29, 1.82) is 0 Å². The van der Waals surface area contributed by atoms with E-state index in [9.17, 15) is 14.9 Å². The fourth-order valence-electron chi connectivity index (χ4n) is 1.41. The summed E-state index contributed by atoms with van der Waals surface area (Å²) in [6.07, 6.45) is -0.276. The monoisotopic (exact) mass is 248 g/mol. The molecule has 1 aromatic carbocycles. The maximum atomic E-state index is 10.6. The van der Waals surface area contributed by atoms with Crippen LogP contribution in [0, 0.1) is 10.1 Å². The van der Waals surface area contributed by atoms with Gasteiger partial charge in [0.05, 0.1) is 4.92 Å². The van der Waals surface area contributed by atoms with Gasteiger partial charge in [0, 0.05) is 17.7 Å². The SMILES string of the molecule is O=C(O)Cc1nc(-c2cccc([N+](=O)[O-])c2)n[nH]1. The Morgan fingerprint density at radius 1 is 1.50 bits per heavy atom. The summed E-state index contributed by atoms with van der Waals surface area (Å²) in [6, 6.07) is 5.81. The van der Waals surface area contributed by atoms with Crippen molar-refractivity contribution in [3.63, 3.8) is 0 Å². The summed E-state index contributed by atoms with van der Waals surface area (Å²) in [6.45, 7) is 0. The summed E-state index contributed by atoms with van der Waals surface area (Å²) in [4.78, 5) is 24.5. The van der Waals surface area contributed by atoms with Gasteiger partial charge in [-0.3, -0.25) is 20.0 Å². The maximum Gasteiger partial charge on any atom is 0.311 e. The highest BCUT2D eigenvalue weighted by atomic mass is 16.6. The molecule has 0 aliphatic carbocycles. The average molecular weight is 248 g/mol. The largest absolute Gasteiger partial charge is 0.481 e. The van der Waals surface area contributed by atoms with Crippen molar-refractivity contribution in [2.45, 2.75) is 6.42 Å². The highest BCUT2D eigenvalue weighted by Gasteiger charge is 2.12. The Kier molecular flexibility index (Phi) is 3.00. The van der Waals surface area contributed by atoms with Gasteiger partial charge in [-0.2, -0.15) is 5.10 Å². The smallest absolute Gasteiger partial charge is 0.311 e. The predicted molar refractivity (Wildman–Crippen MR) is 59.8 cm³/mol. The Balaban J connectivity index is 2.31. The van der Waals surface area contributed by atoms with Crippen molar-refractivity contribution in [2.75, 3.05) is 0 Å².